The average Bonchev–Trinajstić information content (AvgIpc) is 2.58. The Hall–Kier alpha value is -2.53. The number of hydrogen-bond acceptors (Lipinski definition) is 4. The van der Waals surface area contributed by atoms with E-state index in [1.54, 1.807) is 7.11 Å². The molecule has 2 N–H and O–H groups in total. The highest BCUT2D eigenvalue weighted by atomic mass is 16.5. The zero-order chi connectivity index (χ0) is 18.2. The summed E-state index contributed by atoms with van der Waals surface area (Å²) < 4.78 is 10.7. The van der Waals surface area contributed by atoms with Crippen LogP contribution in [-0.4, -0.2) is 32.7 Å². The molecule has 0 unspecified atom stereocenters. The van der Waals surface area contributed by atoms with Crippen molar-refractivity contribution in [2.45, 2.75) is 20.8 Å². The third-order valence-electron chi connectivity index (χ3n) is 3.83. The second-order valence-corrected chi connectivity index (χ2v) is 6.02. The molecule has 2 rings (SSSR count). The molecule has 2 aromatic carbocycles. The van der Waals surface area contributed by atoms with E-state index in [4.69, 9.17) is 9.47 Å². The SMILES string of the molecule is COc1ccc(OCCNCC(=O)Nc2c(C)cc(C)cc2C)cc1. The summed E-state index contributed by atoms with van der Waals surface area (Å²) in [5, 5.41) is 6.06. The molecule has 0 radical (unpaired) electrons. The minimum absolute atomic E-state index is 0.0560. The summed E-state index contributed by atoms with van der Waals surface area (Å²) in [4.78, 5) is 12.1. The van der Waals surface area contributed by atoms with E-state index in [2.05, 4.69) is 29.7 Å². The molecule has 5 heteroatoms. The van der Waals surface area contributed by atoms with Crippen LogP contribution in [0.25, 0.3) is 0 Å². The second-order valence-electron chi connectivity index (χ2n) is 6.02. The number of ether oxygens (including phenoxy) is 2. The van der Waals surface area contributed by atoms with Gasteiger partial charge in [-0.1, -0.05) is 17.7 Å². The number of carbonyl (C=O) groups excluding carboxylic acids is 1. The fourth-order valence-electron chi connectivity index (χ4n) is 2.68. The molecule has 5 nitrogen and oxygen atoms in total. The van der Waals surface area contributed by atoms with Gasteiger partial charge < -0.3 is 20.1 Å². The first kappa shape index (κ1) is 18.8. The Morgan fingerprint density at radius 3 is 2.20 bits per heavy atom. The van der Waals surface area contributed by atoms with Crippen molar-refractivity contribution in [3.8, 4) is 11.5 Å². The standard InChI is InChI=1S/C20H26N2O3/c1-14-11-15(2)20(16(3)12-14)22-19(23)13-21-9-10-25-18-7-5-17(24-4)6-8-18/h5-8,11-12,21H,9-10,13H2,1-4H3,(H,22,23). The summed E-state index contributed by atoms with van der Waals surface area (Å²) in [6.07, 6.45) is 0. The Morgan fingerprint density at radius 2 is 1.60 bits per heavy atom. The van der Waals surface area contributed by atoms with E-state index in [1.807, 2.05) is 38.1 Å². The van der Waals surface area contributed by atoms with Gasteiger partial charge in [0.25, 0.3) is 0 Å². The van der Waals surface area contributed by atoms with Gasteiger partial charge in [0.1, 0.15) is 18.1 Å². The predicted molar refractivity (Wildman–Crippen MR) is 101 cm³/mol. The zero-order valence-corrected chi connectivity index (χ0v) is 15.3. The van der Waals surface area contributed by atoms with Gasteiger partial charge in [-0.25, -0.2) is 0 Å². The van der Waals surface area contributed by atoms with Crippen LogP contribution in [0.5, 0.6) is 11.5 Å². The molecule has 0 aliphatic rings. The van der Waals surface area contributed by atoms with E-state index in [-0.39, 0.29) is 12.5 Å². The van der Waals surface area contributed by atoms with Crippen molar-refractivity contribution in [3.05, 3.63) is 53.1 Å². The number of nitrogens with one attached hydrogen (secondary N) is 2. The van der Waals surface area contributed by atoms with Gasteiger partial charge in [-0.2, -0.15) is 0 Å². The lowest BCUT2D eigenvalue weighted by Crippen LogP contribution is -2.31. The Labute approximate surface area is 149 Å². The number of benzene rings is 2. The van der Waals surface area contributed by atoms with Gasteiger partial charge in [-0.15, -0.1) is 0 Å². The first-order chi connectivity index (χ1) is 12.0. The topological polar surface area (TPSA) is 59.6 Å². The molecule has 2 aromatic rings. The first-order valence-electron chi connectivity index (χ1n) is 8.35. The van der Waals surface area contributed by atoms with Crippen LogP contribution in [0.2, 0.25) is 0 Å². The van der Waals surface area contributed by atoms with Gasteiger partial charge in [-0.3, -0.25) is 4.79 Å². The van der Waals surface area contributed by atoms with Crippen LogP contribution in [0, 0.1) is 20.8 Å². The average molecular weight is 342 g/mol. The molecule has 134 valence electrons. The summed E-state index contributed by atoms with van der Waals surface area (Å²) in [5.74, 6) is 1.52. The van der Waals surface area contributed by atoms with Crippen LogP contribution in [-0.2, 0) is 4.79 Å². The molecule has 0 atom stereocenters. The summed E-state index contributed by atoms with van der Waals surface area (Å²) in [5.41, 5.74) is 4.25. The van der Waals surface area contributed by atoms with E-state index in [9.17, 15) is 4.79 Å². The molecule has 0 aliphatic carbocycles. The lowest BCUT2D eigenvalue weighted by atomic mass is 10.1. The summed E-state index contributed by atoms with van der Waals surface area (Å²) >= 11 is 0. The van der Waals surface area contributed by atoms with Crippen molar-refractivity contribution >= 4 is 11.6 Å². The lowest BCUT2D eigenvalue weighted by Gasteiger charge is -2.13. The van der Waals surface area contributed by atoms with Gasteiger partial charge in [-0.05, 0) is 56.2 Å². The second kappa shape index (κ2) is 9.08. The van der Waals surface area contributed by atoms with E-state index < -0.39 is 0 Å². The Bertz CT molecular complexity index is 688. The molecule has 0 aromatic heterocycles. The molecule has 25 heavy (non-hydrogen) atoms. The Balaban J connectivity index is 1.70. The van der Waals surface area contributed by atoms with Crippen molar-refractivity contribution in [1.29, 1.82) is 0 Å². The van der Waals surface area contributed by atoms with Gasteiger partial charge in [0.05, 0.1) is 13.7 Å². The maximum absolute atomic E-state index is 12.1. The van der Waals surface area contributed by atoms with Crippen LogP contribution in [0.3, 0.4) is 0 Å². The maximum Gasteiger partial charge on any atom is 0.238 e. The van der Waals surface area contributed by atoms with E-state index in [0.717, 1.165) is 28.3 Å². The summed E-state index contributed by atoms with van der Waals surface area (Å²) in [6, 6.07) is 11.5. The van der Waals surface area contributed by atoms with Gasteiger partial charge >= 0.3 is 0 Å². The number of hydrogen-bond donors (Lipinski definition) is 2. The number of amides is 1. The predicted octanol–water partition coefficient (Wildman–Crippen LogP) is 3.23. The third-order valence-corrected chi connectivity index (χ3v) is 3.83. The number of rotatable bonds is 8. The smallest absolute Gasteiger partial charge is 0.238 e. The van der Waals surface area contributed by atoms with Gasteiger partial charge in [0, 0.05) is 12.2 Å². The van der Waals surface area contributed by atoms with Crippen LogP contribution in [0.1, 0.15) is 16.7 Å². The normalized spacial score (nSPS) is 10.4. The Morgan fingerprint density at radius 1 is 1.00 bits per heavy atom. The molecule has 0 saturated heterocycles. The summed E-state index contributed by atoms with van der Waals surface area (Å²) in [6.45, 7) is 7.39. The van der Waals surface area contributed by atoms with Gasteiger partial charge in [0.2, 0.25) is 5.91 Å². The van der Waals surface area contributed by atoms with Crippen molar-refractivity contribution < 1.29 is 14.3 Å². The number of carbonyl (C=O) groups is 1. The third kappa shape index (κ3) is 5.80. The van der Waals surface area contributed by atoms with Gasteiger partial charge in [0.15, 0.2) is 0 Å². The lowest BCUT2D eigenvalue weighted by molar-refractivity contribution is -0.115. The maximum atomic E-state index is 12.1. The van der Waals surface area contributed by atoms with E-state index in [1.165, 1.54) is 5.56 Å². The van der Waals surface area contributed by atoms with Crippen LogP contribution < -0.4 is 20.1 Å². The Kier molecular flexibility index (Phi) is 6.83. The van der Waals surface area contributed by atoms with E-state index in [0.29, 0.717) is 13.2 Å². The molecule has 0 bridgehead atoms. The zero-order valence-electron chi connectivity index (χ0n) is 15.3. The molecular formula is C20H26N2O3. The largest absolute Gasteiger partial charge is 0.497 e. The first-order valence-corrected chi connectivity index (χ1v) is 8.35. The van der Waals surface area contributed by atoms with Crippen LogP contribution in [0.4, 0.5) is 5.69 Å². The minimum Gasteiger partial charge on any atom is -0.497 e. The fraction of sp³-hybridized carbons (Fsp3) is 0.350. The van der Waals surface area contributed by atoms with Crippen molar-refractivity contribution in [2.24, 2.45) is 0 Å². The molecule has 0 saturated carbocycles. The molecule has 0 spiro atoms. The summed E-state index contributed by atoms with van der Waals surface area (Å²) in [7, 11) is 1.63. The molecular weight excluding hydrogens is 316 g/mol. The molecule has 0 fully saturated rings. The number of methoxy groups -OCH3 is 1. The number of aryl methyl sites for hydroxylation is 3. The van der Waals surface area contributed by atoms with Crippen molar-refractivity contribution in [3.63, 3.8) is 0 Å². The minimum atomic E-state index is -0.0560. The van der Waals surface area contributed by atoms with Crippen LogP contribution >= 0.6 is 0 Å². The van der Waals surface area contributed by atoms with E-state index >= 15 is 0 Å². The highest BCUT2D eigenvalue weighted by molar-refractivity contribution is 5.93. The molecule has 0 aliphatic heterocycles. The molecule has 0 heterocycles. The van der Waals surface area contributed by atoms with Crippen molar-refractivity contribution in [2.75, 3.05) is 32.1 Å². The van der Waals surface area contributed by atoms with Crippen molar-refractivity contribution in [1.82, 2.24) is 5.32 Å². The highest BCUT2D eigenvalue weighted by Gasteiger charge is 2.08. The fourth-order valence-corrected chi connectivity index (χ4v) is 2.68. The highest BCUT2D eigenvalue weighted by Crippen LogP contribution is 2.21. The quantitative estimate of drug-likeness (QED) is 0.723. The number of anilines is 1. The van der Waals surface area contributed by atoms with Crippen LogP contribution in [0.15, 0.2) is 36.4 Å². The molecule has 1 amide bonds. The monoisotopic (exact) mass is 342 g/mol.